The molecule has 0 bridgehead atoms. The Hall–Kier alpha value is -1.56. The van der Waals surface area contributed by atoms with Crippen LogP contribution in [0.15, 0.2) is 6.07 Å². The molecule has 1 fully saturated rings. The van der Waals surface area contributed by atoms with Crippen LogP contribution in [0.4, 0.5) is 11.8 Å². The number of ether oxygens (including phenoxy) is 1. The number of aliphatic hydroxyl groups excluding tert-OH is 1. The van der Waals surface area contributed by atoms with Crippen molar-refractivity contribution in [2.24, 2.45) is 0 Å². The average molecular weight is 224 g/mol. The van der Waals surface area contributed by atoms with Crippen LogP contribution in [-0.2, 0) is 0 Å². The molecular formula is C10H16N4O2. The van der Waals surface area contributed by atoms with Crippen molar-refractivity contribution in [2.45, 2.75) is 18.9 Å². The van der Waals surface area contributed by atoms with E-state index in [9.17, 15) is 5.11 Å². The highest BCUT2D eigenvalue weighted by Crippen LogP contribution is 2.26. The van der Waals surface area contributed by atoms with Crippen LogP contribution in [0.5, 0.6) is 5.88 Å². The summed E-state index contributed by atoms with van der Waals surface area (Å²) in [4.78, 5) is 10.1. The normalized spacial score (nSPS) is 20.1. The Labute approximate surface area is 94.1 Å². The largest absolute Gasteiger partial charge is 0.481 e. The van der Waals surface area contributed by atoms with Gasteiger partial charge in [0, 0.05) is 12.6 Å². The van der Waals surface area contributed by atoms with Gasteiger partial charge in [-0.2, -0.15) is 9.97 Å². The van der Waals surface area contributed by atoms with E-state index in [0.717, 1.165) is 25.2 Å². The molecule has 3 N–H and O–H groups in total. The summed E-state index contributed by atoms with van der Waals surface area (Å²) < 4.78 is 5.04. The highest BCUT2D eigenvalue weighted by atomic mass is 16.5. The lowest BCUT2D eigenvalue weighted by molar-refractivity contribution is 0.266. The van der Waals surface area contributed by atoms with Crippen LogP contribution < -0.4 is 15.4 Å². The summed E-state index contributed by atoms with van der Waals surface area (Å²) in [7, 11) is 1.54. The van der Waals surface area contributed by atoms with Crippen LogP contribution in [0.3, 0.4) is 0 Å². The van der Waals surface area contributed by atoms with Gasteiger partial charge >= 0.3 is 0 Å². The Morgan fingerprint density at radius 1 is 1.62 bits per heavy atom. The first kappa shape index (κ1) is 10.9. The van der Waals surface area contributed by atoms with Crippen molar-refractivity contribution in [1.82, 2.24) is 9.97 Å². The second-order valence-corrected chi connectivity index (χ2v) is 3.80. The predicted octanol–water partition coefficient (Wildman–Crippen LogP) is 0.0285. The molecule has 0 amide bonds. The number of aromatic nitrogens is 2. The van der Waals surface area contributed by atoms with Crippen LogP contribution >= 0.6 is 0 Å². The minimum Gasteiger partial charge on any atom is -0.481 e. The molecule has 0 radical (unpaired) electrons. The molecule has 1 aromatic rings. The lowest BCUT2D eigenvalue weighted by Gasteiger charge is -2.24. The summed E-state index contributed by atoms with van der Waals surface area (Å²) in [6, 6.07) is 1.86. The molecule has 1 saturated heterocycles. The third kappa shape index (κ3) is 2.01. The number of rotatable bonds is 3. The van der Waals surface area contributed by atoms with E-state index in [0.29, 0.717) is 5.88 Å². The molecule has 1 unspecified atom stereocenters. The molecule has 2 rings (SSSR count). The monoisotopic (exact) mass is 224 g/mol. The Morgan fingerprint density at radius 2 is 2.44 bits per heavy atom. The van der Waals surface area contributed by atoms with Crippen LogP contribution in [0, 0.1) is 0 Å². The molecule has 0 aromatic carbocycles. The fraction of sp³-hybridized carbons (Fsp3) is 0.600. The molecule has 6 nitrogen and oxygen atoms in total. The van der Waals surface area contributed by atoms with Gasteiger partial charge in [0.15, 0.2) is 0 Å². The second kappa shape index (κ2) is 4.52. The topological polar surface area (TPSA) is 84.5 Å². The first-order chi connectivity index (χ1) is 7.74. The van der Waals surface area contributed by atoms with E-state index < -0.39 is 0 Å². The molecule has 0 saturated carbocycles. The first-order valence-electron chi connectivity index (χ1n) is 5.30. The van der Waals surface area contributed by atoms with Crippen molar-refractivity contribution in [3.05, 3.63) is 6.07 Å². The molecule has 0 aliphatic carbocycles. The predicted molar refractivity (Wildman–Crippen MR) is 60.5 cm³/mol. The number of aliphatic hydroxyl groups is 1. The molecule has 1 aliphatic rings. The fourth-order valence-electron chi connectivity index (χ4n) is 2.01. The second-order valence-electron chi connectivity index (χ2n) is 3.80. The molecule has 0 spiro atoms. The fourth-order valence-corrected chi connectivity index (χ4v) is 2.01. The summed E-state index contributed by atoms with van der Waals surface area (Å²) in [6.07, 6.45) is 2.03. The number of nitrogen functional groups attached to an aromatic ring is 1. The van der Waals surface area contributed by atoms with Crippen molar-refractivity contribution in [2.75, 3.05) is 30.9 Å². The molecule has 6 heteroatoms. The quantitative estimate of drug-likeness (QED) is 0.753. The summed E-state index contributed by atoms with van der Waals surface area (Å²) in [5.74, 6) is 1.37. The van der Waals surface area contributed by atoms with E-state index in [1.54, 1.807) is 13.2 Å². The maximum absolute atomic E-state index is 9.25. The number of hydrogen-bond acceptors (Lipinski definition) is 6. The standard InChI is InChI=1S/C10H16N4O2/c1-16-9-5-8(12-10(11)13-9)14-4-2-3-7(14)6-15/h5,7,15H,2-4,6H2,1H3,(H2,11,12,13). The maximum atomic E-state index is 9.25. The van der Waals surface area contributed by atoms with E-state index in [-0.39, 0.29) is 18.6 Å². The zero-order valence-corrected chi connectivity index (χ0v) is 9.26. The first-order valence-corrected chi connectivity index (χ1v) is 5.30. The van der Waals surface area contributed by atoms with Gasteiger partial charge in [0.2, 0.25) is 11.8 Å². The number of methoxy groups -OCH3 is 1. The number of hydrogen-bond donors (Lipinski definition) is 2. The van der Waals surface area contributed by atoms with Crippen molar-refractivity contribution < 1.29 is 9.84 Å². The third-order valence-electron chi connectivity index (χ3n) is 2.80. The van der Waals surface area contributed by atoms with Crippen LogP contribution in [-0.4, -0.2) is 41.4 Å². The Bertz CT molecular complexity index is 372. The zero-order valence-electron chi connectivity index (χ0n) is 9.26. The van der Waals surface area contributed by atoms with E-state index >= 15 is 0 Å². The van der Waals surface area contributed by atoms with Gasteiger partial charge in [0.1, 0.15) is 5.82 Å². The number of nitrogens with two attached hydrogens (primary N) is 1. The van der Waals surface area contributed by atoms with Gasteiger partial charge < -0.3 is 20.5 Å². The summed E-state index contributed by atoms with van der Waals surface area (Å²) >= 11 is 0. The summed E-state index contributed by atoms with van der Waals surface area (Å²) in [5, 5.41) is 9.25. The van der Waals surface area contributed by atoms with E-state index in [2.05, 4.69) is 9.97 Å². The van der Waals surface area contributed by atoms with Crippen LogP contribution in [0.25, 0.3) is 0 Å². The SMILES string of the molecule is COc1cc(N2CCCC2CO)nc(N)n1. The zero-order chi connectivity index (χ0) is 11.5. The van der Waals surface area contributed by atoms with Gasteiger partial charge in [-0.1, -0.05) is 0 Å². The lowest BCUT2D eigenvalue weighted by Crippen LogP contribution is -2.32. The van der Waals surface area contributed by atoms with E-state index in [1.165, 1.54) is 0 Å². The molecular weight excluding hydrogens is 208 g/mol. The Balaban J connectivity index is 2.28. The molecule has 16 heavy (non-hydrogen) atoms. The van der Waals surface area contributed by atoms with Crippen molar-refractivity contribution in [1.29, 1.82) is 0 Å². The van der Waals surface area contributed by atoms with Crippen molar-refractivity contribution in [3.63, 3.8) is 0 Å². The van der Waals surface area contributed by atoms with Gasteiger partial charge in [-0.25, -0.2) is 0 Å². The summed E-state index contributed by atoms with van der Waals surface area (Å²) in [6.45, 7) is 1.01. The smallest absolute Gasteiger partial charge is 0.225 e. The highest BCUT2D eigenvalue weighted by molar-refractivity contribution is 5.47. The van der Waals surface area contributed by atoms with Crippen molar-refractivity contribution in [3.8, 4) is 5.88 Å². The van der Waals surface area contributed by atoms with Gasteiger partial charge in [0.25, 0.3) is 0 Å². The minimum absolute atomic E-state index is 0.124. The Kier molecular flexibility index (Phi) is 3.09. The molecule has 1 aromatic heterocycles. The van der Waals surface area contributed by atoms with Gasteiger partial charge in [0.05, 0.1) is 19.8 Å². The highest BCUT2D eigenvalue weighted by Gasteiger charge is 2.25. The average Bonchev–Trinajstić information content (AvgIpc) is 2.76. The molecule has 2 heterocycles. The number of anilines is 2. The van der Waals surface area contributed by atoms with Gasteiger partial charge in [-0.15, -0.1) is 0 Å². The van der Waals surface area contributed by atoms with Crippen molar-refractivity contribution >= 4 is 11.8 Å². The minimum atomic E-state index is 0.124. The van der Waals surface area contributed by atoms with Crippen LogP contribution in [0.2, 0.25) is 0 Å². The van der Waals surface area contributed by atoms with Gasteiger partial charge in [-0.3, -0.25) is 0 Å². The van der Waals surface area contributed by atoms with E-state index in [4.69, 9.17) is 10.5 Å². The summed E-state index contributed by atoms with van der Waals surface area (Å²) in [5.41, 5.74) is 5.60. The molecule has 1 atom stereocenters. The lowest BCUT2D eigenvalue weighted by atomic mass is 10.2. The van der Waals surface area contributed by atoms with Gasteiger partial charge in [-0.05, 0) is 12.8 Å². The number of nitrogens with zero attached hydrogens (tertiary/aromatic N) is 3. The third-order valence-corrected chi connectivity index (χ3v) is 2.80. The Morgan fingerprint density at radius 3 is 3.12 bits per heavy atom. The molecule has 88 valence electrons. The molecule has 1 aliphatic heterocycles. The van der Waals surface area contributed by atoms with Crippen LogP contribution in [0.1, 0.15) is 12.8 Å². The van der Waals surface area contributed by atoms with E-state index in [1.807, 2.05) is 4.90 Å². The maximum Gasteiger partial charge on any atom is 0.225 e.